The predicted octanol–water partition coefficient (Wildman–Crippen LogP) is 2.11. The second-order valence-electron chi connectivity index (χ2n) is 7.96. The molecule has 1 fully saturated rings. The van der Waals surface area contributed by atoms with Gasteiger partial charge in [-0.1, -0.05) is 6.07 Å². The van der Waals surface area contributed by atoms with Gasteiger partial charge in [-0.3, -0.25) is 14.5 Å². The van der Waals surface area contributed by atoms with Gasteiger partial charge in [0.15, 0.2) is 29.7 Å². The van der Waals surface area contributed by atoms with E-state index in [0.29, 0.717) is 12.1 Å². The highest BCUT2D eigenvalue weighted by Gasteiger charge is 2.23. The molecule has 9 nitrogen and oxygen atoms in total. The Morgan fingerprint density at radius 1 is 1.03 bits per heavy atom. The molecule has 10 heteroatoms. The third-order valence-electron chi connectivity index (χ3n) is 5.63. The highest BCUT2D eigenvalue weighted by molar-refractivity contribution is 5.95. The van der Waals surface area contributed by atoms with Crippen LogP contribution in [0.1, 0.15) is 28.8 Å². The van der Waals surface area contributed by atoms with E-state index >= 15 is 0 Å². The van der Waals surface area contributed by atoms with Gasteiger partial charge in [0.1, 0.15) is 0 Å². The number of halogens is 1. The van der Waals surface area contributed by atoms with E-state index < -0.39 is 5.91 Å². The van der Waals surface area contributed by atoms with Gasteiger partial charge in [0.25, 0.3) is 11.8 Å². The number of rotatable bonds is 10. The van der Waals surface area contributed by atoms with Crippen LogP contribution in [0.25, 0.3) is 0 Å². The number of carbonyl (C=O) groups excluding carboxylic acids is 2. The van der Waals surface area contributed by atoms with Gasteiger partial charge >= 0.3 is 0 Å². The maximum absolute atomic E-state index is 13.9. The molecule has 0 radical (unpaired) electrons. The monoisotopic (exact) mass is 475 g/mol. The lowest BCUT2D eigenvalue weighted by molar-refractivity contribution is -0.120. The summed E-state index contributed by atoms with van der Waals surface area (Å²) in [5, 5.41) is 3.05. The van der Waals surface area contributed by atoms with Gasteiger partial charge in [-0.2, -0.15) is 0 Å². The summed E-state index contributed by atoms with van der Waals surface area (Å²) in [5.41, 5.74) is 6.36. The van der Waals surface area contributed by atoms with Crippen molar-refractivity contribution in [3.05, 3.63) is 47.3 Å². The van der Waals surface area contributed by atoms with Crippen molar-refractivity contribution in [2.24, 2.45) is 5.73 Å². The molecular weight excluding hydrogens is 445 g/mol. The molecule has 0 aliphatic carbocycles. The van der Waals surface area contributed by atoms with Crippen molar-refractivity contribution in [1.82, 2.24) is 10.2 Å². The Balaban J connectivity index is 1.59. The van der Waals surface area contributed by atoms with Crippen LogP contribution in [0.2, 0.25) is 0 Å². The summed E-state index contributed by atoms with van der Waals surface area (Å²) < 4.78 is 34.9. The highest BCUT2D eigenvalue weighted by atomic mass is 19.1. The van der Waals surface area contributed by atoms with E-state index in [4.69, 9.17) is 24.7 Å². The molecular formula is C24H30FN3O6. The summed E-state index contributed by atoms with van der Waals surface area (Å²) in [5.74, 6) is -0.351. The molecule has 2 amide bonds. The molecule has 34 heavy (non-hydrogen) atoms. The summed E-state index contributed by atoms with van der Waals surface area (Å²) in [6, 6.07) is 8.03. The van der Waals surface area contributed by atoms with Crippen molar-refractivity contribution < 1.29 is 32.9 Å². The van der Waals surface area contributed by atoms with Crippen LogP contribution in [0, 0.1) is 5.82 Å². The van der Waals surface area contributed by atoms with Gasteiger partial charge in [0, 0.05) is 31.2 Å². The van der Waals surface area contributed by atoms with Gasteiger partial charge in [-0.15, -0.1) is 0 Å². The second-order valence-corrected chi connectivity index (χ2v) is 7.96. The SMILES string of the molecule is COc1ccc(CN2CCC(NC(=O)c3cc(OC)c(OCC(N)=O)c(OC)c3)CC2)cc1F. The number of methoxy groups -OCH3 is 3. The van der Waals surface area contributed by atoms with Gasteiger partial charge in [0.05, 0.1) is 21.3 Å². The van der Waals surface area contributed by atoms with Crippen LogP contribution in [0.4, 0.5) is 4.39 Å². The molecule has 0 saturated carbocycles. The Morgan fingerprint density at radius 2 is 1.65 bits per heavy atom. The summed E-state index contributed by atoms with van der Waals surface area (Å²) in [6.07, 6.45) is 1.52. The summed E-state index contributed by atoms with van der Waals surface area (Å²) >= 11 is 0. The Morgan fingerprint density at radius 3 is 2.18 bits per heavy atom. The number of nitrogens with one attached hydrogen (secondary N) is 1. The number of piperidine rings is 1. The van der Waals surface area contributed by atoms with Crippen LogP contribution in [-0.4, -0.2) is 63.8 Å². The predicted molar refractivity (Wildman–Crippen MR) is 123 cm³/mol. The Labute approximate surface area is 197 Å². The minimum Gasteiger partial charge on any atom is -0.494 e. The number of likely N-dealkylation sites (tertiary alicyclic amines) is 1. The average Bonchev–Trinajstić information content (AvgIpc) is 2.83. The maximum Gasteiger partial charge on any atom is 0.255 e. The third-order valence-corrected chi connectivity index (χ3v) is 5.63. The minimum atomic E-state index is -0.644. The van der Waals surface area contributed by atoms with Crippen molar-refractivity contribution in [2.45, 2.75) is 25.4 Å². The van der Waals surface area contributed by atoms with E-state index in [-0.39, 0.29) is 47.4 Å². The van der Waals surface area contributed by atoms with Crippen molar-refractivity contribution in [3.8, 4) is 23.0 Å². The van der Waals surface area contributed by atoms with Gasteiger partial charge in [-0.25, -0.2) is 4.39 Å². The fourth-order valence-electron chi connectivity index (χ4n) is 3.87. The molecule has 1 aliphatic heterocycles. The zero-order valence-electron chi connectivity index (χ0n) is 19.6. The largest absolute Gasteiger partial charge is 0.494 e. The topological polar surface area (TPSA) is 112 Å². The average molecular weight is 476 g/mol. The second kappa shape index (κ2) is 11.6. The van der Waals surface area contributed by atoms with Gasteiger partial charge in [-0.05, 0) is 42.7 Å². The van der Waals surface area contributed by atoms with E-state index in [1.54, 1.807) is 6.07 Å². The number of primary amides is 1. The normalized spacial score (nSPS) is 14.4. The number of carbonyl (C=O) groups is 2. The van der Waals surface area contributed by atoms with Crippen LogP contribution in [0.5, 0.6) is 23.0 Å². The van der Waals surface area contributed by atoms with Crippen LogP contribution < -0.4 is 30.0 Å². The maximum atomic E-state index is 13.9. The molecule has 184 valence electrons. The number of ether oxygens (including phenoxy) is 4. The lowest BCUT2D eigenvalue weighted by atomic mass is 10.0. The van der Waals surface area contributed by atoms with Crippen LogP contribution in [-0.2, 0) is 11.3 Å². The van der Waals surface area contributed by atoms with Crippen LogP contribution in [0.15, 0.2) is 30.3 Å². The van der Waals surface area contributed by atoms with E-state index in [0.717, 1.165) is 31.5 Å². The standard InChI is InChI=1S/C24H30FN3O6/c1-31-19-5-4-15(10-18(19)25)13-28-8-6-17(7-9-28)27-24(30)16-11-20(32-2)23(21(12-16)33-3)34-14-22(26)29/h4-5,10-12,17H,6-9,13-14H2,1-3H3,(H2,26,29)(H,27,30). The first kappa shape index (κ1) is 25.1. The molecule has 3 rings (SSSR count). The van der Waals surface area contributed by atoms with E-state index in [9.17, 15) is 14.0 Å². The molecule has 0 spiro atoms. The molecule has 1 heterocycles. The highest BCUT2D eigenvalue weighted by Crippen LogP contribution is 2.38. The number of hydrogen-bond acceptors (Lipinski definition) is 7. The van der Waals surface area contributed by atoms with E-state index in [1.807, 2.05) is 6.07 Å². The number of amides is 2. The molecule has 2 aromatic rings. The summed E-state index contributed by atoms with van der Waals surface area (Å²) in [7, 11) is 4.30. The number of nitrogens with two attached hydrogens (primary N) is 1. The lowest BCUT2D eigenvalue weighted by Gasteiger charge is -2.32. The molecule has 0 atom stereocenters. The van der Waals surface area contributed by atoms with Gasteiger partial charge < -0.3 is 30.0 Å². The molecule has 2 aromatic carbocycles. The number of hydrogen-bond donors (Lipinski definition) is 2. The van der Waals surface area contributed by atoms with Crippen molar-refractivity contribution in [2.75, 3.05) is 41.0 Å². The van der Waals surface area contributed by atoms with Crippen LogP contribution >= 0.6 is 0 Å². The van der Waals surface area contributed by atoms with Crippen molar-refractivity contribution >= 4 is 11.8 Å². The Kier molecular flexibility index (Phi) is 8.53. The minimum absolute atomic E-state index is 0.000804. The molecule has 1 saturated heterocycles. The first-order valence-corrected chi connectivity index (χ1v) is 10.9. The first-order valence-electron chi connectivity index (χ1n) is 10.9. The molecule has 0 bridgehead atoms. The summed E-state index contributed by atoms with van der Waals surface area (Å²) in [4.78, 5) is 26.2. The fraction of sp³-hybridized carbons (Fsp3) is 0.417. The van der Waals surface area contributed by atoms with E-state index in [2.05, 4.69) is 10.2 Å². The molecule has 0 aromatic heterocycles. The fourth-order valence-corrected chi connectivity index (χ4v) is 3.87. The lowest BCUT2D eigenvalue weighted by Crippen LogP contribution is -2.44. The molecule has 0 unspecified atom stereocenters. The van der Waals surface area contributed by atoms with Crippen molar-refractivity contribution in [1.29, 1.82) is 0 Å². The van der Waals surface area contributed by atoms with E-state index in [1.165, 1.54) is 39.5 Å². The number of benzene rings is 2. The molecule has 1 aliphatic rings. The van der Waals surface area contributed by atoms with Crippen LogP contribution in [0.3, 0.4) is 0 Å². The smallest absolute Gasteiger partial charge is 0.255 e. The first-order chi connectivity index (χ1) is 16.3. The number of nitrogens with zero attached hydrogens (tertiary/aromatic N) is 1. The van der Waals surface area contributed by atoms with Gasteiger partial charge in [0.2, 0.25) is 5.75 Å². The summed E-state index contributed by atoms with van der Waals surface area (Å²) in [6.45, 7) is 1.82. The van der Waals surface area contributed by atoms with Crippen molar-refractivity contribution in [3.63, 3.8) is 0 Å². The third kappa shape index (κ3) is 6.28. The zero-order chi connectivity index (χ0) is 24.7. The Hall–Kier alpha value is -3.53. The quantitative estimate of drug-likeness (QED) is 0.541. The Bertz CT molecular complexity index is 999. The zero-order valence-corrected chi connectivity index (χ0v) is 19.6. The molecule has 3 N–H and O–H groups in total.